The quantitative estimate of drug-likeness (QED) is 0.606. The zero-order valence-corrected chi connectivity index (χ0v) is 16.0. The van der Waals surface area contributed by atoms with Crippen molar-refractivity contribution >= 4 is 17.8 Å². The Labute approximate surface area is 155 Å². The summed E-state index contributed by atoms with van der Waals surface area (Å²) in [5.41, 5.74) is 0. The van der Waals surface area contributed by atoms with E-state index in [2.05, 4.69) is 5.32 Å². The van der Waals surface area contributed by atoms with Crippen LogP contribution in [-0.4, -0.2) is 57.1 Å². The lowest BCUT2D eigenvalue weighted by atomic mass is 9.84. The molecule has 0 aromatic carbocycles. The summed E-state index contributed by atoms with van der Waals surface area (Å²) in [4.78, 5) is 37.7. The molecule has 1 aliphatic carbocycles. The van der Waals surface area contributed by atoms with Crippen molar-refractivity contribution < 1.29 is 24.6 Å². The second kappa shape index (κ2) is 8.84. The smallest absolute Gasteiger partial charge is 0.326 e. The molecule has 0 spiro atoms. The van der Waals surface area contributed by atoms with Crippen LogP contribution in [-0.2, 0) is 14.4 Å². The third-order valence-electron chi connectivity index (χ3n) is 5.78. The van der Waals surface area contributed by atoms with Gasteiger partial charge in [0.05, 0.1) is 6.04 Å². The van der Waals surface area contributed by atoms with Crippen LogP contribution in [0.1, 0.15) is 65.7 Å². The molecular formula is C19H32N2O5. The Morgan fingerprint density at radius 2 is 1.73 bits per heavy atom. The molecule has 7 nitrogen and oxygen atoms in total. The summed E-state index contributed by atoms with van der Waals surface area (Å²) in [5.74, 6) is -1.60. The number of rotatable bonds is 8. The first-order valence-corrected chi connectivity index (χ1v) is 9.76. The van der Waals surface area contributed by atoms with Gasteiger partial charge in [-0.15, -0.1) is 0 Å². The minimum absolute atomic E-state index is 0.0273. The number of likely N-dealkylation sites (tertiary alicyclic amines) is 1. The summed E-state index contributed by atoms with van der Waals surface area (Å²) in [6.45, 7) is 5.69. The highest BCUT2D eigenvalue weighted by atomic mass is 16.4. The van der Waals surface area contributed by atoms with Crippen LogP contribution in [0.25, 0.3) is 0 Å². The molecule has 148 valence electrons. The van der Waals surface area contributed by atoms with E-state index in [1.165, 1.54) is 4.90 Å². The first-order chi connectivity index (χ1) is 12.2. The monoisotopic (exact) mass is 368 g/mol. The molecule has 26 heavy (non-hydrogen) atoms. The van der Waals surface area contributed by atoms with Crippen LogP contribution in [0.15, 0.2) is 0 Å². The molecule has 1 amide bonds. The molecule has 2 aliphatic rings. The number of carbonyl (C=O) groups is 3. The molecule has 5 atom stereocenters. The molecule has 0 aromatic heterocycles. The number of carbonyl (C=O) groups excluding carboxylic acids is 1. The standard InChI is InChI=1S/C19H32N2O5/c1-11(2)8-9-14(18(23)24)20-12(3)17(22)21-15-7-5-4-6-13(15)10-16(21)19(25)26/h11-16,20H,4-10H2,1-3H3,(H,23,24)(H,25,26)/t12-,13+,14-,15-,16-/m0/s1. The van der Waals surface area contributed by atoms with E-state index in [0.717, 1.165) is 32.1 Å². The summed E-state index contributed by atoms with van der Waals surface area (Å²) < 4.78 is 0. The molecule has 7 heteroatoms. The summed E-state index contributed by atoms with van der Waals surface area (Å²) >= 11 is 0. The van der Waals surface area contributed by atoms with Gasteiger partial charge in [-0.25, -0.2) is 4.79 Å². The zero-order chi connectivity index (χ0) is 19.4. The van der Waals surface area contributed by atoms with Gasteiger partial charge in [0.1, 0.15) is 12.1 Å². The minimum Gasteiger partial charge on any atom is -0.480 e. The highest BCUT2D eigenvalue weighted by molar-refractivity contribution is 5.88. The van der Waals surface area contributed by atoms with E-state index >= 15 is 0 Å². The van der Waals surface area contributed by atoms with Crippen molar-refractivity contribution in [1.82, 2.24) is 10.2 Å². The Bertz CT molecular complexity index is 536. The first kappa shape index (κ1) is 20.7. The van der Waals surface area contributed by atoms with E-state index in [0.29, 0.717) is 18.8 Å². The van der Waals surface area contributed by atoms with Crippen LogP contribution in [0.2, 0.25) is 0 Å². The summed E-state index contributed by atoms with van der Waals surface area (Å²) in [5, 5.41) is 21.9. The van der Waals surface area contributed by atoms with Gasteiger partial charge in [0.2, 0.25) is 5.91 Å². The van der Waals surface area contributed by atoms with Crippen molar-refractivity contribution in [2.75, 3.05) is 0 Å². The van der Waals surface area contributed by atoms with Gasteiger partial charge >= 0.3 is 11.9 Å². The van der Waals surface area contributed by atoms with Crippen LogP contribution >= 0.6 is 0 Å². The Balaban J connectivity index is 2.08. The second-order valence-electron chi connectivity index (χ2n) is 8.20. The van der Waals surface area contributed by atoms with Crippen molar-refractivity contribution in [3.63, 3.8) is 0 Å². The van der Waals surface area contributed by atoms with Crippen molar-refractivity contribution in [3.05, 3.63) is 0 Å². The van der Waals surface area contributed by atoms with Gasteiger partial charge in [-0.05, 0) is 50.9 Å². The molecule has 0 unspecified atom stereocenters. The maximum atomic E-state index is 13.0. The highest BCUT2D eigenvalue weighted by Crippen LogP contribution is 2.40. The maximum Gasteiger partial charge on any atom is 0.326 e. The molecular weight excluding hydrogens is 336 g/mol. The van der Waals surface area contributed by atoms with Crippen LogP contribution in [0.5, 0.6) is 0 Å². The molecule has 2 rings (SSSR count). The van der Waals surface area contributed by atoms with Gasteiger partial charge in [0.15, 0.2) is 0 Å². The minimum atomic E-state index is -0.975. The molecule has 1 saturated carbocycles. The van der Waals surface area contributed by atoms with Gasteiger partial charge < -0.3 is 15.1 Å². The molecule has 1 aliphatic heterocycles. The molecule has 2 fully saturated rings. The third-order valence-corrected chi connectivity index (χ3v) is 5.78. The lowest BCUT2D eigenvalue weighted by molar-refractivity contribution is -0.151. The van der Waals surface area contributed by atoms with E-state index < -0.39 is 30.1 Å². The Morgan fingerprint density at radius 1 is 1.08 bits per heavy atom. The number of nitrogens with zero attached hydrogens (tertiary/aromatic N) is 1. The summed E-state index contributed by atoms with van der Waals surface area (Å²) in [6.07, 6.45) is 5.59. The van der Waals surface area contributed by atoms with Crippen LogP contribution < -0.4 is 5.32 Å². The average molecular weight is 368 g/mol. The zero-order valence-electron chi connectivity index (χ0n) is 16.0. The third kappa shape index (κ3) is 4.75. The number of carboxylic acid groups (broad SMARTS) is 2. The largest absolute Gasteiger partial charge is 0.480 e. The van der Waals surface area contributed by atoms with E-state index in [-0.39, 0.29) is 17.9 Å². The number of aliphatic carboxylic acids is 2. The topological polar surface area (TPSA) is 107 Å². The van der Waals surface area contributed by atoms with E-state index in [9.17, 15) is 24.6 Å². The number of nitrogens with one attached hydrogen (secondary N) is 1. The number of fused-ring (bicyclic) bond motifs is 1. The number of amides is 1. The summed E-state index contributed by atoms with van der Waals surface area (Å²) in [6, 6.07) is -2.34. The van der Waals surface area contributed by atoms with Crippen LogP contribution in [0.3, 0.4) is 0 Å². The normalized spacial score (nSPS) is 27.8. The lowest BCUT2D eigenvalue weighted by Gasteiger charge is -2.35. The average Bonchev–Trinajstić information content (AvgIpc) is 2.97. The molecule has 0 aromatic rings. The van der Waals surface area contributed by atoms with Crippen molar-refractivity contribution in [2.24, 2.45) is 11.8 Å². The van der Waals surface area contributed by atoms with Gasteiger partial charge in [-0.3, -0.25) is 14.9 Å². The number of hydrogen-bond donors (Lipinski definition) is 3. The molecule has 3 N–H and O–H groups in total. The van der Waals surface area contributed by atoms with E-state index in [1.54, 1.807) is 6.92 Å². The fraction of sp³-hybridized carbons (Fsp3) is 0.842. The Morgan fingerprint density at radius 3 is 2.31 bits per heavy atom. The fourth-order valence-corrected chi connectivity index (χ4v) is 4.37. The second-order valence-corrected chi connectivity index (χ2v) is 8.20. The van der Waals surface area contributed by atoms with Crippen molar-refractivity contribution in [1.29, 1.82) is 0 Å². The van der Waals surface area contributed by atoms with Crippen LogP contribution in [0, 0.1) is 11.8 Å². The van der Waals surface area contributed by atoms with E-state index in [1.807, 2.05) is 13.8 Å². The molecule has 1 saturated heterocycles. The van der Waals surface area contributed by atoms with Crippen molar-refractivity contribution in [2.45, 2.75) is 89.9 Å². The highest BCUT2D eigenvalue weighted by Gasteiger charge is 2.48. The summed E-state index contributed by atoms with van der Waals surface area (Å²) in [7, 11) is 0. The van der Waals surface area contributed by atoms with Gasteiger partial charge in [0, 0.05) is 6.04 Å². The number of hydrogen-bond acceptors (Lipinski definition) is 4. The van der Waals surface area contributed by atoms with Crippen molar-refractivity contribution in [3.8, 4) is 0 Å². The Kier molecular flexibility index (Phi) is 7.03. The predicted molar refractivity (Wildman–Crippen MR) is 96.7 cm³/mol. The predicted octanol–water partition coefficient (Wildman–Crippen LogP) is 2.10. The molecule has 0 bridgehead atoms. The van der Waals surface area contributed by atoms with Gasteiger partial charge in [-0.1, -0.05) is 26.7 Å². The maximum absolute atomic E-state index is 13.0. The van der Waals surface area contributed by atoms with E-state index in [4.69, 9.17) is 0 Å². The SMILES string of the molecule is CC(C)CC[C@H](N[C@@H](C)C(=O)N1[C@H](C(=O)O)C[C@H]2CCCC[C@@H]21)C(=O)O. The fourth-order valence-electron chi connectivity index (χ4n) is 4.37. The first-order valence-electron chi connectivity index (χ1n) is 9.76. The lowest BCUT2D eigenvalue weighted by Crippen LogP contribution is -2.55. The van der Waals surface area contributed by atoms with Gasteiger partial charge in [-0.2, -0.15) is 0 Å². The Hall–Kier alpha value is -1.63. The number of carboxylic acids is 2. The molecule has 0 radical (unpaired) electrons. The van der Waals surface area contributed by atoms with Crippen LogP contribution in [0.4, 0.5) is 0 Å². The van der Waals surface area contributed by atoms with Gasteiger partial charge in [0.25, 0.3) is 0 Å². The molecule has 1 heterocycles.